The van der Waals surface area contributed by atoms with Crippen LogP contribution in [0.3, 0.4) is 0 Å². The smallest absolute Gasteiger partial charge is 0.124 e. The first-order valence-electron chi connectivity index (χ1n) is 4.56. The Kier molecular flexibility index (Phi) is 3.69. The van der Waals surface area contributed by atoms with Gasteiger partial charge in [0.25, 0.3) is 0 Å². The van der Waals surface area contributed by atoms with Gasteiger partial charge in [-0.1, -0.05) is 0 Å². The maximum absolute atomic E-state index is 10.4. The van der Waals surface area contributed by atoms with E-state index in [9.17, 15) is 4.79 Å². The van der Waals surface area contributed by atoms with Crippen LogP contribution >= 0.6 is 0 Å². The van der Waals surface area contributed by atoms with E-state index in [1.807, 2.05) is 13.8 Å². The summed E-state index contributed by atoms with van der Waals surface area (Å²) >= 11 is 0. The quantitative estimate of drug-likeness (QED) is 0.642. The fraction of sp³-hybridized carbons (Fsp3) is 0.889. The lowest BCUT2D eigenvalue weighted by Crippen LogP contribution is -2.42. The highest BCUT2D eigenvalue weighted by Crippen LogP contribution is 2.13. The number of carbonyl (C=O) groups excluding carboxylic acids is 1. The summed E-state index contributed by atoms with van der Waals surface area (Å²) in [6, 6.07) is 0. The zero-order chi connectivity index (χ0) is 8.97. The molecule has 0 aromatic heterocycles. The predicted octanol–water partition coefficient (Wildman–Crippen LogP) is 0.936. The Morgan fingerprint density at radius 3 is 2.67 bits per heavy atom. The third-order valence-corrected chi connectivity index (χ3v) is 2.04. The SMILES string of the molecule is CC(C)OC1CCC(C=O)CN1. The summed E-state index contributed by atoms with van der Waals surface area (Å²) in [7, 11) is 0. The topological polar surface area (TPSA) is 38.3 Å². The van der Waals surface area contributed by atoms with Crippen molar-refractivity contribution >= 4 is 6.29 Å². The second-order valence-electron chi connectivity index (χ2n) is 3.56. The highest BCUT2D eigenvalue weighted by molar-refractivity contribution is 5.53. The molecule has 0 aromatic rings. The number of hydrogen-bond acceptors (Lipinski definition) is 3. The summed E-state index contributed by atoms with van der Waals surface area (Å²) in [5.41, 5.74) is 0. The molecule has 1 saturated heterocycles. The van der Waals surface area contributed by atoms with Gasteiger partial charge in [-0.15, -0.1) is 0 Å². The molecule has 3 heteroatoms. The average molecular weight is 171 g/mol. The molecule has 3 nitrogen and oxygen atoms in total. The first kappa shape index (κ1) is 9.68. The molecular formula is C9H17NO2. The zero-order valence-electron chi connectivity index (χ0n) is 7.75. The summed E-state index contributed by atoms with van der Waals surface area (Å²) in [4.78, 5) is 10.4. The minimum atomic E-state index is 0.154. The number of rotatable bonds is 3. The minimum absolute atomic E-state index is 0.154. The molecule has 70 valence electrons. The highest BCUT2D eigenvalue weighted by Gasteiger charge is 2.20. The van der Waals surface area contributed by atoms with E-state index in [0.29, 0.717) is 0 Å². The molecule has 1 fully saturated rings. The van der Waals surface area contributed by atoms with Gasteiger partial charge in [0.15, 0.2) is 0 Å². The van der Waals surface area contributed by atoms with Crippen molar-refractivity contribution in [3.8, 4) is 0 Å². The molecule has 0 amide bonds. The second kappa shape index (κ2) is 4.58. The lowest BCUT2D eigenvalue weighted by atomic mass is 10.0. The van der Waals surface area contributed by atoms with E-state index in [4.69, 9.17) is 4.74 Å². The van der Waals surface area contributed by atoms with Crippen molar-refractivity contribution < 1.29 is 9.53 Å². The van der Waals surface area contributed by atoms with Gasteiger partial charge in [0.1, 0.15) is 12.5 Å². The standard InChI is InChI=1S/C9H17NO2/c1-7(2)12-9-4-3-8(6-11)5-10-9/h6-10H,3-5H2,1-2H3. The van der Waals surface area contributed by atoms with Gasteiger partial charge in [0.05, 0.1) is 6.10 Å². The van der Waals surface area contributed by atoms with Gasteiger partial charge in [-0.25, -0.2) is 0 Å². The molecule has 0 radical (unpaired) electrons. The van der Waals surface area contributed by atoms with E-state index >= 15 is 0 Å². The molecule has 0 aromatic carbocycles. The van der Waals surface area contributed by atoms with Gasteiger partial charge < -0.3 is 9.53 Å². The van der Waals surface area contributed by atoms with E-state index in [2.05, 4.69) is 5.32 Å². The Balaban J connectivity index is 2.21. The molecule has 0 bridgehead atoms. The molecular weight excluding hydrogens is 154 g/mol. The molecule has 2 atom stereocenters. The number of carbonyl (C=O) groups is 1. The van der Waals surface area contributed by atoms with Crippen molar-refractivity contribution in [1.29, 1.82) is 0 Å². The van der Waals surface area contributed by atoms with Gasteiger partial charge in [0, 0.05) is 12.5 Å². The van der Waals surface area contributed by atoms with Crippen LogP contribution in [0.15, 0.2) is 0 Å². The molecule has 0 aliphatic carbocycles. The highest BCUT2D eigenvalue weighted by atomic mass is 16.5. The Morgan fingerprint density at radius 2 is 2.25 bits per heavy atom. The maximum Gasteiger partial charge on any atom is 0.124 e. The van der Waals surface area contributed by atoms with Crippen LogP contribution in [0, 0.1) is 5.92 Å². The summed E-state index contributed by atoms with van der Waals surface area (Å²) < 4.78 is 5.56. The van der Waals surface area contributed by atoms with Crippen LogP contribution in [-0.4, -0.2) is 25.2 Å². The van der Waals surface area contributed by atoms with Crippen LogP contribution < -0.4 is 5.32 Å². The fourth-order valence-electron chi connectivity index (χ4n) is 1.41. The van der Waals surface area contributed by atoms with Crippen LogP contribution in [0.2, 0.25) is 0 Å². The molecule has 1 N–H and O–H groups in total. The molecule has 1 rings (SSSR count). The third kappa shape index (κ3) is 2.91. The molecule has 1 aliphatic heterocycles. The Morgan fingerprint density at radius 1 is 1.50 bits per heavy atom. The maximum atomic E-state index is 10.4. The average Bonchev–Trinajstić information content (AvgIpc) is 2.05. The predicted molar refractivity (Wildman–Crippen MR) is 46.8 cm³/mol. The first-order chi connectivity index (χ1) is 5.72. The summed E-state index contributed by atoms with van der Waals surface area (Å²) in [6.45, 7) is 4.81. The normalized spacial score (nSPS) is 30.6. The number of aldehydes is 1. The fourth-order valence-corrected chi connectivity index (χ4v) is 1.41. The second-order valence-corrected chi connectivity index (χ2v) is 3.56. The van der Waals surface area contributed by atoms with E-state index in [1.165, 1.54) is 0 Å². The van der Waals surface area contributed by atoms with E-state index < -0.39 is 0 Å². The molecule has 1 heterocycles. The minimum Gasteiger partial charge on any atom is -0.361 e. The Bertz CT molecular complexity index is 139. The third-order valence-electron chi connectivity index (χ3n) is 2.04. The van der Waals surface area contributed by atoms with Gasteiger partial charge in [-0.3, -0.25) is 5.32 Å². The van der Waals surface area contributed by atoms with Crippen LogP contribution in [0.25, 0.3) is 0 Å². The van der Waals surface area contributed by atoms with Crippen molar-refractivity contribution in [3.63, 3.8) is 0 Å². The van der Waals surface area contributed by atoms with E-state index in [0.717, 1.165) is 25.7 Å². The molecule has 1 aliphatic rings. The molecule has 0 spiro atoms. The largest absolute Gasteiger partial charge is 0.361 e. The summed E-state index contributed by atoms with van der Waals surface area (Å²) in [5.74, 6) is 0.192. The van der Waals surface area contributed by atoms with Crippen LogP contribution in [-0.2, 0) is 9.53 Å². The van der Waals surface area contributed by atoms with E-state index in [-0.39, 0.29) is 18.2 Å². The molecule has 12 heavy (non-hydrogen) atoms. The van der Waals surface area contributed by atoms with Gasteiger partial charge in [0.2, 0.25) is 0 Å². The van der Waals surface area contributed by atoms with Crippen molar-refractivity contribution in [2.24, 2.45) is 5.92 Å². The lowest BCUT2D eigenvalue weighted by Gasteiger charge is -2.28. The first-order valence-corrected chi connectivity index (χ1v) is 4.56. The summed E-state index contributed by atoms with van der Waals surface area (Å²) in [6.07, 6.45) is 3.34. The Hall–Kier alpha value is -0.410. The van der Waals surface area contributed by atoms with Crippen molar-refractivity contribution in [1.82, 2.24) is 5.32 Å². The van der Waals surface area contributed by atoms with Gasteiger partial charge in [-0.2, -0.15) is 0 Å². The molecule has 0 saturated carbocycles. The number of nitrogens with one attached hydrogen (secondary N) is 1. The number of hydrogen-bond donors (Lipinski definition) is 1. The van der Waals surface area contributed by atoms with Crippen molar-refractivity contribution in [2.45, 2.75) is 39.0 Å². The lowest BCUT2D eigenvalue weighted by molar-refractivity contribution is -0.113. The van der Waals surface area contributed by atoms with Crippen LogP contribution in [0.5, 0.6) is 0 Å². The molecule has 2 unspecified atom stereocenters. The van der Waals surface area contributed by atoms with Crippen molar-refractivity contribution in [2.75, 3.05) is 6.54 Å². The van der Waals surface area contributed by atoms with Gasteiger partial charge >= 0.3 is 0 Å². The number of piperidine rings is 1. The van der Waals surface area contributed by atoms with Crippen molar-refractivity contribution in [3.05, 3.63) is 0 Å². The summed E-state index contributed by atoms with van der Waals surface area (Å²) in [5, 5.41) is 3.20. The van der Waals surface area contributed by atoms with Crippen LogP contribution in [0.1, 0.15) is 26.7 Å². The van der Waals surface area contributed by atoms with E-state index in [1.54, 1.807) is 0 Å². The van der Waals surface area contributed by atoms with Gasteiger partial charge in [-0.05, 0) is 26.7 Å². The monoisotopic (exact) mass is 171 g/mol. The Labute approximate surface area is 73.5 Å². The van der Waals surface area contributed by atoms with Crippen LogP contribution in [0.4, 0.5) is 0 Å². The number of ether oxygens (including phenoxy) is 1. The zero-order valence-corrected chi connectivity index (χ0v) is 7.75.